The summed E-state index contributed by atoms with van der Waals surface area (Å²) in [7, 11) is 0. The number of benzene rings is 2. The van der Waals surface area contributed by atoms with Crippen LogP contribution in [0.2, 0.25) is 0 Å². The lowest BCUT2D eigenvalue weighted by atomic mass is 10.00. The molecule has 2 aromatic rings. The zero-order valence-electron chi connectivity index (χ0n) is 18.1. The fourth-order valence-corrected chi connectivity index (χ4v) is 4.96. The average Bonchev–Trinajstić information content (AvgIpc) is 3.49. The molecule has 1 atom stereocenters. The van der Waals surface area contributed by atoms with Crippen LogP contribution in [0.15, 0.2) is 42.5 Å². The number of rotatable bonds is 6. The summed E-state index contributed by atoms with van der Waals surface area (Å²) in [5.41, 5.74) is 3.13. The van der Waals surface area contributed by atoms with Crippen LogP contribution in [0, 0.1) is 0 Å². The number of hydrogen-bond donors (Lipinski definition) is 1. The summed E-state index contributed by atoms with van der Waals surface area (Å²) in [6.45, 7) is 3.89. The first-order chi connectivity index (χ1) is 15.2. The molecule has 5 rings (SSSR count). The van der Waals surface area contributed by atoms with E-state index in [1.54, 1.807) is 0 Å². The molecule has 2 aliphatic heterocycles. The lowest BCUT2D eigenvalue weighted by Gasteiger charge is -2.27. The number of likely N-dealkylation sites (tertiary alicyclic amines) is 1. The van der Waals surface area contributed by atoms with Crippen molar-refractivity contribution in [2.75, 3.05) is 19.7 Å². The molecular formula is C26H32N2O3. The highest BCUT2D eigenvalue weighted by Gasteiger charge is 2.23. The van der Waals surface area contributed by atoms with Crippen molar-refractivity contribution in [3.8, 4) is 11.5 Å². The zero-order chi connectivity index (χ0) is 21.0. The first-order valence-electron chi connectivity index (χ1n) is 11.8. The second-order valence-corrected chi connectivity index (χ2v) is 9.16. The van der Waals surface area contributed by atoms with Crippen LogP contribution in [0.25, 0.3) is 0 Å². The highest BCUT2D eigenvalue weighted by Crippen LogP contribution is 2.28. The molecule has 1 N–H and O–H groups in total. The number of nitrogens with zero attached hydrogens (tertiary/aromatic N) is 1. The standard InChI is InChI=1S/C26H32N2O3/c29-26(20-9-11-24(12-10-20)31-23-5-1-2-6-23)27-22-16-21-8-7-19(15-25(21)30-18-22)17-28-13-3-4-14-28/h7-12,15,22-23H,1-6,13-14,16-18H2,(H,27,29)/t22-/m1/s1. The van der Waals surface area contributed by atoms with E-state index in [9.17, 15) is 4.79 Å². The fourth-order valence-electron chi connectivity index (χ4n) is 4.96. The van der Waals surface area contributed by atoms with Gasteiger partial charge in [0.15, 0.2) is 0 Å². The van der Waals surface area contributed by atoms with Crippen molar-refractivity contribution in [2.45, 2.75) is 63.6 Å². The van der Waals surface area contributed by atoms with Gasteiger partial charge in [-0.2, -0.15) is 0 Å². The normalized spacial score (nSPS) is 21.5. The highest BCUT2D eigenvalue weighted by atomic mass is 16.5. The van der Waals surface area contributed by atoms with Crippen molar-refractivity contribution < 1.29 is 14.3 Å². The molecule has 1 saturated heterocycles. The van der Waals surface area contributed by atoms with Gasteiger partial charge in [-0.05, 0) is 99.5 Å². The van der Waals surface area contributed by atoms with Crippen molar-refractivity contribution in [1.29, 1.82) is 0 Å². The summed E-state index contributed by atoms with van der Waals surface area (Å²) in [6.07, 6.45) is 8.49. The number of hydrogen-bond acceptors (Lipinski definition) is 4. The SMILES string of the molecule is O=C(N[C@H]1COc2cc(CN3CCCC3)ccc2C1)c1ccc(OC2CCCC2)cc1. The van der Waals surface area contributed by atoms with Crippen LogP contribution in [0.5, 0.6) is 11.5 Å². The second-order valence-electron chi connectivity index (χ2n) is 9.16. The fraction of sp³-hybridized carbons (Fsp3) is 0.500. The largest absolute Gasteiger partial charge is 0.491 e. The monoisotopic (exact) mass is 420 g/mol. The molecule has 1 aliphatic carbocycles. The van der Waals surface area contributed by atoms with Crippen LogP contribution < -0.4 is 14.8 Å². The first-order valence-corrected chi connectivity index (χ1v) is 11.8. The molecule has 1 saturated carbocycles. The number of carbonyl (C=O) groups excluding carboxylic acids is 1. The van der Waals surface area contributed by atoms with Crippen LogP contribution in [-0.4, -0.2) is 42.6 Å². The summed E-state index contributed by atoms with van der Waals surface area (Å²) in [5, 5.41) is 3.13. The molecule has 0 spiro atoms. The van der Waals surface area contributed by atoms with E-state index >= 15 is 0 Å². The molecule has 5 nitrogen and oxygen atoms in total. The molecule has 0 unspecified atom stereocenters. The predicted molar refractivity (Wildman–Crippen MR) is 121 cm³/mol. The molecule has 164 valence electrons. The smallest absolute Gasteiger partial charge is 0.251 e. The van der Waals surface area contributed by atoms with E-state index in [-0.39, 0.29) is 11.9 Å². The number of nitrogens with one attached hydrogen (secondary N) is 1. The molecule has 2 fully saturated rings. The van der Waals surface area contributed by atoms with Crippen LogP contribution in [-0.2, 0) is 13.0 Å². The molecule has 31 heavy (non-hydrogen) atoms. The average molecular weight is 421 g/mol. The van der Waals surface area contributed by atoms with Gasteiger partial charge in [0.05, 0.1) is 12.1 Å². The van der Waals surface area contributed by atoms with E-state index < -0.39 is 0 Å². The number of amides is 1. The Morgan fingerprint density at radius 1 is 1.03 bits per heavy atom. The Morgan fingerprint density at radius 3 is 2.58 bits per heavy atom. The van der Waals surface area contributed by atoms with E-state index in [1.165, 1.54) is 49.9 Å². The van der Waals surface area contributed by atoms with Gasteiger partial charge in [0, 0.05) is 12.1 Å². The summed E-state index contributed by atoms with van der Waals surface area (Å²) in [5.74, 6) is 1.76. The first kappa shape index (κ1) is 20.4. The third kappa shape index (κ3) is 5.04. The predicted octanol–water partition coefficient (Wildman–Crippen LogP) is 4.34. The Balaban J connectivity index is 1.15. The van der Waals surface area contributed by atoms with Gasteiger partial charge in [0.1, 0.15) is 18.1 Å². The lowest BCUT2D eigenvalue weighted by Crippen LogP contribution is -2.42. The van der Waals surface area contributed by atoms with E-state index in [2.05, 4.69) is 28.4 Å². The van der Waals surface area contributed by atoms with Gasteiger partial charge in [-0.25, -0.2) is 0 Å². The number of carbonyl (C=O) groups is 1. The van der Waals surface area contributed by atoms with Gasteiger partial charge < -0.3 is 14.8 Å². The summed E-state index contributed by atoms with van der Waals surface area (Å²) >= 11 is 0. The minimum absolute atomic E-state index is 0.0150. The van der Waals surface area contributed by atoms with Crippen molar-refractivity contribution in [3.63, 3.8) is 0 Å². The Bertz CT molecular complexity index is 899. The molecule has 1 amide bonds. The lowest BCUT2D eigenvalue weighted by molar-refractivity contribution is 0.0915. The van der Waals surface area contributed by atoms with Gasteiger partial charge in [-0.3, -0.25) is 9.69 Å². The molecule has 3 aliphatic rings. The molecule has 0 radical (unpaired) electrons. The Kier molecular flexibility index (Phi) is 6.12. The third-order valence-corrected chi connectivity index (χ3v) is 6.70. The van der Waals surface area contributed by atoms with E-state index in [4.69, 9.17) is 9.47 Å². The maximum absolute atomic E-state index is 12.7. The van der Waals surface area contributed by atoms with Crippen molar-refractivity contribution in [2.24, 2.45) is 0 Å². The quantitative estimate of drug-likeness (QED) is 0.755. The summed E-state index contributed by atoms with van der Waals surface area (Å²) in [6, 6.07) is 14.0. The Labute approximate surface area is 184 Å². The van der Waals surface area contributed by atoms with Crippen LogP contribution in [0.3, 0.4) is 0 Å². The summed E-state index contributed by atoms with van der Waals surface area (Å²) < 4.78 is 12.0. The molecule has 0 bridgehead atoms. The van der Waals surface area contributed by atoms with E-state index in [0.29, 0.717) is 18.3 Å². The van der Waals surface area contributed by atoms with Crippen molar-refractivity contribution in [1.82, 2.24) is 10.2 Å². The number of fused-ring (bicyclic) bond motifs is 1. The van der Waals surface area contributed by atoms with Gasteiger partial charge in [0.2, 0.25) is 0 Å². The van der Waals surface area contributed by atoms with E-state index in [1.807, 2.05) is 24.3 Å². The zero-order valence-corrected chi connectivity index (χ0v) is 18.1. The molecule has 0 aromatic heterocycles. The maximum atomic E-state index is 12.7. The van der Waals surface area contributed by atoms with Gasteiger partial charge >= 0.3 is 0 Å². The van der Waals surface area contributed by atoms with Crippen molar-refractivity contribution in [3.05, 3.63) is 59.2 Å². The van der Waals surface area contributed by atoms with E-state index in [0.717, 1.165) is 37.3 Å². The molecule has 2 aromatic carbocycles. The van der Waals surface area contributed by atoms with Gasteiger partial charge in [-0.1, -0.05) is 12.1 Å². The minimum Gasteiger partial charge on any atom is -0.491 e. The maximum Gasteiger partial charge on any atom is 0.251 e. The minimum atomic E-state index is -0.0601. The Hall–Kier alpha value is -2.53. The van der Waals surface area contributed by atoms with Crippen molar-refractivity contribution >= 4 is 5.91 Å². The van der Waals surface area contributed by atoms with Crippen LogP contribution in [0.1, 0.15) is 60.0 Å². The Morgan fingerprint density at radius 2 is 1.81 bits per heavy atom. The topological polar surface area (TPSA) is 50.8 Å². The van der Waals surface area contributed by atoms with Gasteiger partial charge in [0.25, 0.3) is 5.91 Å². The molecular weight excluding hydrogens is 388 g/mol. The second kappa shape index (κ2) is 9.31. The highest BCUT2D eigenvalue weighted by molar-refractivity contribution is 5.94. The van der Waals surface area contributed by atoms with Crippen LogP contribution >= 0.6 is 0 Å². The summed E-state index contributed by atoms with van der Waals surface area (Å²) in [4.78, 5) is 15.2. The molecule has 5 heteroatoms. The van der Waals surface area contributed by atoms with Crippen LogP contribution in [0.4, 0.5) is 0 Å². The number of ether oxygens (including phenoxy) is 2. The van der Waals surface area contributed by atoms with Gasteiger partial charge in [-0.15, -0.1) is 0 Å². The molecule has 2 heterocycles. The third-order valence-electron chi connectivity index (χ3n) is 6.70.